The minimum absolute atomic E-state index is 0.0535. The van der Waals surface area contributed by atoms with Gasteiger partial charge in [-0.2, -0.15) is 0 Å². The molecule has 2 amide bonds. The van der Waals surface area contributed by atoms with Crippen molar-refractivity contribution in [2.45, 2.75) is 11.7 Å². The van der Waals surface area contributed by atoms with Crippen LogP contribution in [0.5, 0.6) is 0 Å². The lowest BCUT2D eigenvalue weighted by Gasteiger charge is -2.14. The van der Waals surface area contributed by atoms with E-state index in [0.29, 0.717) is 21.6 Å². The maximum atomic E-state index is 12.7. The number of hydrogen-bond acceptors (Lipinski definition) is 5. The number of carbonyl (C=O) groups excluding carboxylic acids is 2. The summed E-state index contributed by atoms with van der Waals surface area (Å²) < 4.78 is 0. The number of nitrogens with zero attached hydrogens (tertiary/aromatic N) is 2. The molecule has 6 nitrogen and oxygen atoms in total. The summed E-state index contributed by atoms with van der Waals surface area (Å²) in [6, 6.07) is 14.1. The standard InChI is InChI=1S/C19H17Cl2N3O3S/c20-13-7-4-8-14(17(13)21)23-16(26)11-15-18(27)24(9-10-25)19(28-15)22-12-5-2-1-3-6-12/h1-8,15,25H,9-11H2,(H,23,26)/t15-/m0/s1. The van der Waals surface area contributed by atoms with Gasteiger partial charge in [-0.15, -0.1) is 0 Å². The molecule has 146 valence electrons. The molecule has 1 fully saturated rings. The molecule has 28 heavy (non-hydrogen) atoms. The van der Waals surface area contributed by atoms with Gasteiger partial charge in [-0.1, -0.05) is 59.2 Å². The molecule has 0 spiro atoms. The molecule has 0 unspecified atom stereocenters. The molecular formula is C19H17Cl2N3O3S. The Morgan fingerprint density at radius 3 is 2.64 bits per heavy atom. The lowest BCUT2D eigenvalue weighted by atomic mass is 10.2. The number of aliphatic imine (C=N–C) groups is 1. The molecule has 2 aromatic rings. The summed E-state index contributed by atoms with van der Waals surface area (Å²) in [5.41, 5.74) is 1.08. The second-order valence-electron chi connectivity index (χ2n) is 5.90. The van der Waals surface area contributed by atoms with Crippen LogP contribution in [0.1, 0.15) is 6.42 Å². The molecule has 0 saturated carbocycles. The number of benzene rings is 2. The van der Waals surface area contributed by atoms with Crippen LogP contribution in [0.15, 0.2) is 53.5 Å². The van der Waals surface area contributed by atoms with E-state index in [9.17, 15) is 14.7 Å². The van der Waals surface area contributed by atoms with Crippen molar-refractivity contribution in [1.82, 2.24) is 4.90 Å². The Morgan fingerprint density at radius 1 is 1.18 bits per heavy atom. The zero-order valence-electron chi connectivity index (χ0n) is 14.6. The third-order valence-electron chi connectivity index (χ3n) is 3.92. The van der Waals surface area contributed by atoms with Gasteiger partial charge in [-0.05, 0) is 24.3 Å². The molecule has 0 bridgehead atoms. The second kappa shape index (κ2) is 9.43. The first-order valence-corrected chi connectivity index (χ1v) is 10.1. The van der Waals surface area contributed by atoms with E-state index < -0.39 is 5.25 Å². The number of aliphatic hydroxyl groups excluding tert-OH is 1. The number of aliphatic hydroxyl groups is 1. The molecule has 3 rings (SSSR count). The van der Waals surface area contributed by atoms with Crippen molar-refractivity contribution in [3.8, 4) is 0 Å². The fourth-order valence-electron chi connectivity index (χ4n) is 2.61. The molecule has 0 radical (unpaired) electrons. The maximum absolute atomic E-state index is 12.7. The zero-order chi connectivity index (χ0) is 20.1. The van der Waals surface area contributed by atoms with Gasteiger partial charge in [-0.3, -0.25) is 14.5 Å². The monoisotopic (exact) mass is 437 g/mol. The molecule has 0 aromatic heterocycles. The molecule has 2 aromatic carbocycles. The van der Waals surface area contributed by atoms with Crippen LogP contribution < -0.4 is 5.32 Å². The van der Waals surface area contributed by atoms with Gasteiger partial charge in [0.15, 0.2) is 5.17 Å². The van der Waals surface area contributed by atoms with Crippen molar-refractivity contribution in [3.63, 3.8) is 0 Å². The third-order valence-corrected chi connectivity index (χ3v) is 5.92. The largest absolute Gasteiger partial charge is 0.395 e. The number of para-hydroxylation sites is 1. The van der Waals surface area contributed by atoms with E-state index in [1.165, 1.54) is 16.7 Å². The van der Waals surface area contributed by atoms with Crippen molar-refractivity contribution >= 4 is 63.3 Å². The van der Waals surface area contributed by atoms with Gasteiger partial charge in [0.2, 0.25) is 11.8 Å². The number of carbonyl (C=O) groups is 2. The molecule has 1 saturated heterocycles. The Kier molecular flexibility index (Phi) is 6.96. The number of amidine groups is 1. The van der Waals surface area contributed by atoms with Gasteiger partial charge < -0.3 is 10.4 Å². The van der Waals surface area contributed by atoms with E-state index in [4.69, 9.17) is 23.2 Å². The van der Waals surface area contributed by atoms with E-state index in [-0.39, 0.29) is 36.4 Å². The Bertz CT molecular complexity index is 909. The van der Waals surface area contributed by atoms with Crippen molar-refractivity contribution in [1.29, 1.82) is 0 Å². The first kappa shape index (κ1) is 20.7. The fraction of sp³-hybridized carbons (Fsp3) is 0.211. The highest BCUT2D eigenvalue weighted by atomic mass is 35.5. The van der Waals surface area contributed by atoms with E-state index in [1.54, 1.807) is 18.2 Å². The number of halogens is 2. The molecule has 1 aliphatic heterocycles. The molecule has 2 N–H and O–H groups in total. The average Bonchev–Trinajstić information content (AvgIpc) is 2.95. The highest BCUT2D eigenvalue weighted by Gasteiger charge is 2.38. The van der Waals surface area contributed by atoms with Gasteiger partial charge in [0.25, 0.3) is 0 Å². The highest BCUT2D eigenvalue weighted by molar-refractivity contribution is 8.15. The smallest absolute Gasteiger partial charge is 0.242 e. The van der Waals surface area contributed by atoms with E-state index in [1.807, 2.05) is 30.3 Å². The van der Waals surface area contributed by atoms with E-state index in [2.05, 4.69) is 10.3 Å². The van der Waals surface area contributed by atoms with E-state index in [0.717, 1.165) is 0 Å². The van der Waals surface area contributed by atoms with Crippen LogP contribution in [0.4, 0.5) is 11.4 Å². The number of rotatable bonds is 6. The molecular weight excluding hydrogens is 421 g/mol. The van der Waals surface area contributed by atoms with Gasteiger partial charge in [0.05, 0.1) is 34.6 Å². The van der Waals surface area contributed by atoms with Gasteiger partial charge in [0.1, 0.15) is 5.25 Å². The lowest BCUT2D eigenvalue weighted by Crippen LogP contribution is -2.35. The Balaban J connectivity index is 1.73. The van der Waals surface area contributed by atoms with Gasteiger partial charge in [-0.25, -0.2) is 4.99 Å². The number of β-amino-alcohol motifs (C(OH)–C–C–N with tert-alkyl or cyclic N) is 1. The van der Waals surface area contributed by atoms with Crippen LogP contribution in [-0.2, 0) is 9.59 Å². The lowest BCUT2D eigenvalue weighted by molar-refractivity contribution is -0.128. The minimum Gasteiger partial charge on any atom is -0.395 e. The molecule has 1 atom stereocenters. The van der Waals surface area contributed by atoms with E-state index >= 15 is 0 Å². The average molecular weight is 438 g/mol. The summed E-state index contributed by atoms with van der Waals surface area (Å²) in [4.78, 5) is 31.0. The number of amides is 2. The SMILES string of the molecule is O=C(C[C@@H]1SC(=Nc2ccccc2)N(CCO)C1=O)Nc1cccc(Cl)c1Cl. The van der Waals surface area contributed by atoms with Crippen LogP contribution in [0.3, 0.4) is 0 Å². The predicted octanol–water partition coefficient (Wildman–Crippen LogP) is 3.95. The Labute approximate surface area is 176 Å². The minimum atomic E-state index is -0.632. The second-order valence-corrected chi connectivity index (χ2v) is 7.86. The summed E-state index contributed by atoms with van der Waals surface area (Å²) in [5.74, 6) is -0.624. The summed E-state index contributed by atoms with van der Waals surface area (Å²) in [6.45, 7) is -0.0765. The summed E-state index contributed by atoms with van der Waals surface area (Å²) >= 11 is 13.2. The zero-order valence-corrected chi connectivity index (χ0v) is 17.0. The van der Waals surface area contributed by atoms with Crippen LogP contribution >= 0.6 is 35.0 Å². The normalized spacial score (nSPS) is 18.0. The van der Waals surface area contributed by atoms with Crippen molar-refractivity contribution in [2.75, 3.05) is 18.5 Å². The van der Waals surface area contributed by atoms with Crippen LogP contribution in [-0.4, -0.2) is 45.4 Å². The van der Waals surface area contributed by atoms with Crippen LogP contribution in [0.2, 0.25) is 10.0 Å². The fourth-order valence-corrected chi connectivity index (χ4v) is 4.15. The molecule has 0 aliphatic carbocycles. The van der Waals surface area contributed by atoms with Crippen molar-refractivity contribution in [3.05, 3.63) is 58.6 Å². The number of thioether (sulfide) groups is 1. The first-order valence-electron chi connectivity index (χ1n) is 8.46. The topological polar surface area (TPSA) is 82.0 Å². The number of anilines is 1. The van der Waals surface area contributed by atoms with Crippen molar-refractivity contribution in [2.24, 2.45) is 4.99 Å². The molecule has 1 aliphatic rings. The van der Waals surface area contributed by atoms with Gasteiger partial charge in [0, 0.05) is 6.42 Å². The quantitative estimate of drug-likeness (QED) is 0.716. The Hall–Kier alpha value is -2.06. The van der Waals surface area contributed by atoms with Crippen LogP contribution in [0, 0.1) is 0 Å². The van der Waals surface area contributed by atoms with Gasteiger partial charge >= 0.3 is 0 Å². The summed E-state index contributed by atoms with van der Waals surface area (Å²) in [6.07, 6.45) is -0.0535. The maximum Gasteiger partial charge on any atom is 0.242 e. The summed E-state index contributed by atoms with van der Waals surface area (Å²) in [5, 5.41) is 12.4. The number of nitrogens with one attached hydrogen (secondary N) is 1. The molecule has 9 heteroatoms. The Morgan fingerprint density at radius 2 is 1.93 bits per heavy atom. The van der Waals surface area contributed by atoms with Crippen LogP contribution in [0.25, 0.3) is 0 Å². The summed E-state index contributed by atoms with van der Waals surface area (Å²) in [7, 11) is 0. The predicted molar refractivity (Wildman–Crippen MR) is 113 cm³/mol. The first-order chi connectivity index (χ1) is 13.5. The third kappa shape index (κ3) is 4.86. The van der Waals surface area contributed by atoms with Crippen molar-refractivity contribution < 1.29 is 14.7 Å². The molecule has 1 heterocycles. The number of hydrogen-bond donors (Lipinski definition) is 2. The highest BCUT2D eigenvalue weighted by Crippen LogP contribution is 2.33.